The maximum atomic E-state index is 13.6. The van der Waals surface area contributed by atoms with Crippen LogP contribution < -0.4 is 5.32 Å². The largest absolute Gasteiger partial charge is 0.460 e. The highest BCUT2D eigenvalue weighted by molar-refractivity contribution is 7.89. The van der Waals surface area contributed by atoms with Crippen LogP contribution in [0.1, 0.15) is 52.2 Å². The van der Waals surface area contributed by atoms with Gasteiger partial charge in [0, 0.05) is 13.1 Å². The van der Waals surface area contributed by atoms with E-state index in [2.05, 4.69) is 5.32 Å². The molecule has 3 aromatic carbocycles. The lowest BCUT2D eigenvalue weighted by atomic mass is 9.79. The highest BCUT2D eigenvalue weighted by Crippen LogP contribution is 2.29. The van der Waals surface area contributed by atoms with Crippen molar-refractivity contribution in [2.24, 2.45) is 17.3 Å². The van der Waals surface area contributed by atoms with Gasteiger partial charge in [0.05, 0.1) is 28.4 Å². The predicted octanol–water partition coefficient (Wildman–Crippen LogP) is 5.22. The van der Waals surface area contributed by atoms with Crippen LogP contribution in [0.25, 0.3) is 0 Å². The molecule has 0 radical (unpaired) electrons. The Labute approximate surface area is 262 Å². The smallest absolute Gasteiger partial charge is 0.312 e. The molecular formula is C35H46N2O6S. The fourth-order valence-electron chi connectivity index (χ4n) is 4.66. The number of benzene rings is 3. The molecule has 0 fully saturated rings. The average molecular weight is 623 g/mol. The highest BCUT2D eigenvalue weighted by Gasteiger charge is 2.41. The van der Waals surface area contributed by atoms with Crippen molar-refractivity contribution in [2.45, 2.75) is 71.1 Å². The number of aliphatic hydroxyl groups excluding tert-OH is 1. The van der Waals surface area contributed by atoms with Crippen LogP contribution in [0, 0.1) is 17.3 Å². The summed E-state index contributed by atoms with van der Waals surface area (Å²) in [5, 5.41) is 14.5. The second kappa shape index (κ2) is 16.0. The molecule has 0 saturated carbocycles. The fourth-order valence-corrected chi connectivity index (χ4v) is 6.16. The summed E-state index contributed by atoms with van der Waals surface area (Å²) < 4.78 is 34.1. The number of esters is 1. The van der Waals surface area contributed by atoms with E-state index in [1.807, 2.05) is 74.5 Å². The number of nitrogens with zero attached hydrogens (tertiary/aromatic N) is 1. The molecule has 8 nitrogen and oxygen atoms in total. The molecule has 0 aliphatic rings. The molecule has 0 aliphatic carbocycles. The van der Waals surface area contributed by atoms with Crippen LogP contribution in [0.2, 0.25) is 0 Å². The predicted molar refractivity (Wildman–Crippen MR) is 172 cm³/mol. The Morgan fingerprint density at radius 2 is 1.39 bits per heavy atom. The summed E-state index contributed by atoms with van der Waals surface area (Å²) >= 11 is 0. The van der Waals surface area contributed by atoms with Gasteiger partial charge in [-0.2, -0.15) is 4.31 Å². The van der Waals surface area contributed by atoms with Crippen molar-refractivity contribution in [3.8, 4) is 0 Å². The first-order chi connectivity index (χ1) is 20.8. The highest BCUT2D eigenvalue weighted by atomic mass is 32.2. The van der Waals surface area contributed by atoms with Gasteiger partial charge < -0.3 is 15.2 Å². The normalized spacial score (nSPS) is 14.2. The molecule has 44 heavy (non-hydrogen) atoms. The van der Waals surface area contributed by atoms with Crippen LogP contribution in [0.5, 0.6) is 0 Å². The summed E-state index contributed by atoms with van der Waals surface area (Å²) in [7, 11) is -3.91. The number of carbonyl (C=O) groups is 2. The third-order valence-corrected chi connectivity index (χ3v) is 9.91. The molecule has 0 bridgehead atoms. The lowest BCUT2D eigenvalue weighted by Gasteiger charge is -2.33. The van der Waals surface area contributed by atoms with E-state index in [-0.39, 0.29) is 36.9 Å². The van der Waals surface area contributed by atoms with Crippen molar-refractivity contribution >= 4 is 21.9 Å². The fraction of sp³-hybridized carbons (Fsp3) is 0.429. The minimum Gasteiger partial charge on any atom is -0.460 e. The van der Waals surface area contributed by atoms with Crippen molar-refractivity contribution in [1.82, 2.24) is 9.62 Å². The van der Waals surface area contributed by atoms with Gasteiger partial charge in [-0.05, 0) is 55.9 Å². The Bertz CT molecular complexity index is 1430. The number of sulfonamides is 1. The molecule has 3 aromatic rings. The Hall–Kier alpha value is -3.53. The maximum absolute atomic E-state index is 13.6. The minimum absolute atomic E-state index is 0.0922. The molecule has 0 spiro atoms. The molecule has 0 unspecified atom stereocenters. The lowest BCUT2D eigenvalue weighted by molar-refractivity contribution is -0.161. The Balaban J connectivity index is 1.81. The van der Waals surface area contributed by atoms with E-state index in [0.29, 0.717) is 6.42 Å². The first-order valence-corrected chi connectivity index (χ1v) is 16.5. The summed E-state index contributed by atoms with van der Waals surface area (Å²) in [4.78, 5) is 26.9. The van der Waals surface area contributed by atoms with Crippen LogP contribution in [0.4, 0.5) is 0 Å². The molecule has 238 valence electrons. The van der Waals surface area contributed by atoms with Gasteiger partial charge in [-0.25, -0.2) is 8.42 Å². The summed E-state index contributed by atoms with van der Waals surface area (Å²) in [6.07, 6.45) is -0.363. The number of nitrogens with one attached hydrogen (secondary N) is 1. The maximum Gasteiger partial charge on any atom is 0.312 e. The quantitative estimate of drug-likeness (QED) is 0.212. The van der Waals surface area contributed by atoms with E-state index in [0.717, 1.165) is 11.1 Å². The summed E-state index contributed by atoms with van der Waals surface area (Å²) in [6.45, 7) is 9.09. The van der Waals surface area contributed by atoms with Gasteiger partial charge >= 0.3 is 5.97 Å². The van der Waals surface area contributed by atoms with Gasteiger partial charge in [-0.3, -0.25) is 9.59 Å². The van der Waals surface area contributed by atoms with E-state index in [9.17, 15) is 23.1 Å². The van der Waals surface area contributed by atoms with Gasteiger partial charge in [0.25, 0.3) is 0 Å². The van der Waals surface area contributed by atoms with Crippen molar-refractivity contribution < 1.29 is 27.9 Å². The number of hydrogen-bond donors (Lipinski definition) is 2. The van der Waals surface area contributed by atoms with E-state index in [1.165, 1.54) is 16.4 Å². The molecule has 3 rings (SSSR count). The van der Waals surface area contributed by atoms with E-state index in [4.69, 9.17) is 4.74 Å². The zero-order valence-electron chi connectivity index (χ0n) is 26.3. The van der Waals surface area contributed by atoms with Gasteiger partial charge in [0.1, 0.15) is 6.61 Å². The molecule has 9 heteroatoms. The zero-order chi connectivity index (χ0) is 32.3. The summed E-state index contributed by atoms with van der Waals surface area (Å²) in [6, 6.07) is 26.0. The lowest BCUT2D eigenvalue weighted by Crippen LogP contribution is -2.53. The van der Waals surface area contributed by atoms with Gasteiger partial charge in [-0.15, -0.1) is 0 Å². The van der Waals surface area contributed by atoms with Crippen LogP contribution in [-0.2, 0) is 37.4 Å². The number of rotatable bonds is 16. The average Bonchev–Trinajstić information content (AvgIpc) is 3.02. The number of carbonyl (C=O) groups excluding carboxylic acids is 2. The van der Waals surface area contributed by atoms with E-state index < -0.39 is 45.4 Å². The van der Waals surface area contributed by atoms with E-state index >= 15 is 0 Å². The third-order valence-electron chi connectivity index (χ3n) is 8.03. The van der Waals surface area contributed by atoms with Gasteiger partial charge in [0.15, 0.2) is 0 Å². The number of hydrogen-bond acceptors (Lipinski definition) is 6. The number of amides is 1. The minimum atomic E-state index is -3.91. The zero-order valence-corrected chi connectivity index (χ0v) is 27.2. The third kappa shape index (κ3) is 9.74. The molecule has 0 aromatic heterocycles. The molecule has 0 heterocycles. The van der Waals surface area contributed by atoms with Crippen molar-refractivity contribution in [2.75, 3.05) is 13.1 Å². The SMILES string of the molecule is CC(C)CCN(C[C@H](O)[C@@H](Cc1ccccc1)NC(=O)[C@@H](C)C(C)(C)C(=O)OCc1ccccc1)S(=O)(=O)c1ccccc1. The molecule has 0 aliphatic heterocycles. The van der Waals surface area contributed by atoms with E-state index in [1.54, 1.807) is 39.0 Å². The Morgan fingerprint density at radius 1 is 0.864 bits per heavy atom. The summed E-state index contributed by atoms with van der Waals surface area (Å²) in [5.74, 6) is -1.52. The van der Waals surface area contributed by atoms with Crippen molar-refractivity contribution in [3.05, 3.63) is 102 Å². The molecule has 0 saturated heterocycles. The molecule has 3 atom stereocenters. The van der Waals surface area contributed by atoms with Crippen LogP contribution in [0.3, 0.4) is 0 Å². The number of ether oxygens (including phenoxy) is 1. The first-order valence-electron chi connectivity index (χ1n) is 15.1. The molecule has 2 N–H and O–H groups in total. The molecular weight excluding hydrogens is 576 g/mol. The van der Waals surface area contributed by atoms with Crippen molar-refractivity contribution in [1.29, 1.82) is 0 Å². The monoisotopic (exact) mass is 622 g/mol. The van der Waals surface area contributed by atoms with Gasteiger partial charge in [-0.1, -0.05) is 99.6 Å². The number of aliphatic hydroxyl groups is 1. The van der Waals surface area contributed by atoms with Gasteiger partial charge in [0.2, 0.25) is 15.9 Å². The Kier molecular flexibility index (Phi) is 12.7. The summed E-state index contributed by atoms with van der Waals surface area (Å²) in [5.41, 5.74) is 0.541. The standard InChI is InChI=1S/C35H46N2O6S/c1-26(2)21-22-37(44(41,42)30-19-13-8-14-20-30)24-32(38)31(23-28-15-9-6-10-16-28)36-33(39)27(3)35(4,5)34(40)43-25-29-17-11-7-12-18-29/h6-20,26-27,31-32,38H,21-25H2,1-5H3,(H,36,39)/t27-,31-,32+/m1/s1. The Morgan fingerprint density at radius 3 is 1.93 bits per heavy atom. The van der Waals surface area contributed by atoms with Crippen LogP contribution >= 0.6 is 0 Å². The topological polar surface area (TPSA) is 113 Å². The van der Waals surface area contributed by atoms with Crippen LogP contribution in [0.15, 0.2) is 95.9 Å². The van der Waals surface area contributed by atoms with Crippen molar-refractivity contribution in [3.63, 3.8) is 0 Å². The van der Waals surface area contributed by atoms with Crippen LogP contribution in [-0.4, -0.2) is 54.9 Å². The first kappa shape index (κ1) is 35.0. The second-order valence-corrected chi connectivity index (χ2v) is 14.2. The molecule has 1 amide bonds. The second-order valence-electron chi connectivity index (χ2n) is 12.2.